The molecule has 0 fully saturated rings. The first-order chi connectivity index (χ1) is 14.2. The van der Waals surface area contributed by atoms with Crippen LogP contribution in [0.25, 0.3) is 11.1 Å². The smallest absolute Gasteiger partial charge is 0.428 e. The van der Waals surface area contributed by atoms with Crippen LogP contribution in [-0.4, -0.2) is 21.4 Å². The number of ether oxygens (including phenoxy) is 1. The van der Waals surface area contributed by atoms with E-state index in [9.17, 15) is 9.83 Å². The second-order valence-electron chi connectivity index (χ2n) is 7.13. The number of aromatic nitrogens is 3. The normalized spacial score (nSPS) is 20.2. The first-order valence-corrected chi connectivity index (χ1v) is 11.1. The zero-order chi connectivity index (χ0) is 21.6. The van der Waals surface area contributed by atoms with E-state index in [0.29, 0.717) is 28.2 Å². The highest BCUT2D eigenvalue weighted by Gasteiger charge is 2.30. The number of nitrogens with two attached hydrogens (primary N) is 1. The van der Waals surface area contributed by atoms with Crippen molar-refractivity contribution in [1.82, 2.24) is 14.8 Å². The number of aryl methyl sites for hydroxylation is 2. The number of nitriles is 1. The van der Waals surface area contributed by atoms with Crippen LogP contribution in [0.4, 0.5) is 5.82 Å². The Morgan fingerprint density at radius 2 is 2.03 bits per heavy atom. The Balaban J connectivity index is 1.98. The lowest BCUT2D eigenvalue weighted by atomic mass is 10.1. The first kappa shape index (κ1) is 19.8. The van der Waals surface area contributed by atoms with E-state index in [1.54, 1.807) is 19.2 Å². The molecule has 0 saturated carbocycles. The van der Waals surface area contributed by atoms with Gasteiger partial charge in [0, 0.05) is 24.4 Å². The van der Waals surface area contributed by atoms with E-state index in [1.807, 2.05) is 26.0 Å². The van der Waals surface area contributed by atoms with Crippen molar-refractivity contribution in [3.8, 4) is 34.6 Å². The minimum atomic E-state index is -3.66. The summed E-state index contributed by atoms with van der Waals surface area (Å²) in [6.45, 7) is 5.12. The maximum absolute atomic E-state index is 13.2. The highest BCUT2D eigenvalue weighted by molar-refractivity contribution is 7.53. The number of fused-ring (bicyclic) bond motifs is 5. The summed E-state index contributed by atoms with van der Waals surface area (Å²) in [4.78, 5) is 4.21. The van der Waals surface area contributed by atoms with Crippen LogP contribution in [0.1, 0.15) is 29.8 Å². The maximum atomic E-state index is 13.2. The van der Waals surface area contributed by atoms with Gasteiger partial charge < -0.3 is 19.5 Å². The van der Waals surface area contributed by atoms with Crippen molar-refractivity contribution in [3.05, 3.63) is 47.3 Å². The van der Waals surface area contributed by atoms with Gasteiger partial charge in [-0.25, -0.2) is 9.55 Å². The quantitative estimate of drug-likeness (QED) is 0.536. The van der Waals surface area contributed by atoms with Crippen molar-refractivity contribution in [2.75, 3.05) is 12.4 Å². The Kier molecular flexibility index (Phi) is 4.67. The number of rotatable bonds is 0. The molecule has 1 aliphatic heterocycles. The topological polar surface area (TPSA) is 125 Å². The Morgan fingerprint density at radius 1 is 1.27 bits per heavy atom. The summed E-state index contributed by atoms with van der Waals surface area (Å²) >= 11 is 0. The van der Waals surface area contributed by atoms with Crippen LogP contribution in [0, 0.1) is 18.3 Å². The van der Waals surface area contributed by atoms with E-state index >= 15 is 0 Å². The number of hydrogen-bond acceptors (Lipinski definition) is 8. The fourth-order valence-corrected chi connectivity index (χ4v) is 4.32. The predicted octanol–water partition coefficient (Wildman–Crippen LogP) is 3.98. The SMILES string of the molecule is Cc1ccc2c(c1)[C@@H](C)Oc1cc(cnc1N)-c1c(nn(C)c1C#N)OP(C)(=O)O2. The molecule has 2 aromatic heterocycles. The second-order valence-corrected chi connectivity index (χ2v) is 9.03. The van der Waals surface area contributed by atoms with Crippen LogP contribution in [0.15, 0.2) is 30.5 Å². The van der Waals surface area contributed by atoms with Crippen LogP contribution in [0.2, 0.25) is 0 Å². The molecule has 3 aromatic rings. The molecule has 0 amide bonds. The predicted molar refractivity (Wildman–Crippen MR) is 111 cm³/mol. The monoisotopic (exact) mass is 425 g/mol. The van der Waals surface area contributed by atoms with E-state index in [4.69, 9.17) is 19.5 Å². The van der Waals surface area contributed by atoms with Crippen LogP contribution in [0.5, 0.6) is 17.4 Å². The number of benzene rings is 1. The van der Waals surface area contributed by atoms with Crippen molar-refractivity contribution in [1.29, 1.82) is 5.26 Å². The molecule has 0 aliphatic carbocycles. The minimum absolute atomic E-state index is 0.000289. The molecule has 2 bridgehead atoms. The summed E-state index contributed by atoms with van der Waals surface area (Å²) in [5.41, 5.74) is 8.75. The summed E-state index contributed by atoms with van der Waals surface area (Å²) in [6.07, 6.45) is 1.01. The minimum Gasteiger partial charge on any atom is -0.482 e. The van der Waals surface area contributed by atoms with Crippen molar-refractivity contribution in [3.63, 3.8) is 0 Å². The molecule has 154 valence electrons. The number of hydrogen-bond donors (Lipinski definition) is 1. The second kappa shape index (κ2) is 7.08. The fourth-order valence-electron chi connectivity index (χ4n) is 3.31. The Labute approximate surface area is 173 Å². The Hall–Kier alpha value is -3.50. The van der Waals surface area contributed by atoms with E-state index in [1.165, 1.54) is 17.5 Å². The third-order valence-corrected chi connectivity index (χ3v) is 5.75. The highest BCUT2D eigenvalue weighted by atomic mass is 31.2. The average Bonchev–Trinajstić information content (AvgIpc) is 2.98. The van der Waals surface area contributed by atoms with Crippen molar-refractivity contribution >= 4 is 13.4 Å². The van der Waals surface area contributed by atoms with Gasteiger partial charge in [0.15, 0.2) is 11.6 Å². The summed E-state index contributed by atoms with van der Waals surface area (Å²) in [5.74, 6) is 0.898. The number of anilines is 1. The number of pyridine rings is 1. The zero-order valence-corrected chi connectivity index (χ0v) is 17.8. The first-order valence-electron chi connectivity index (χ1n) is 9.15. The molecule has 2 atom stereocenters. The Bertz CT molecular complexity index is 1250. The van der Waals surface area contributed by atoms with E-state index in [-0.39, 0.29) is 17.4 Å². The molecule has 0 spiro atoms. The summed E-state index contributed by atoms with van der Waals surface area (Å²) < 4.78 is 32.2. The molecular weight excluding hydrogens is 405 g/mol. The van der Waals surface area contributed by atoms with E-state index in [0.717, 1.165) is 5.56 Å². The van der Waals surface area contributed by atoms with Gasteiger partial charge in [-0.3, -0.25) is 4.68 Å². The molecule has 4 rings (SSSR count). The van der Waals surface area contributed by atoms with Gasteiger partial charge >= 0.3 is 7.60 Å². The molecule has 0 radical (unpaired) electrons. The van der Waals surface area contributed by atoms with E-state index in [2.05, 4.69) is 16.2 Å². The lowest BCUT2D eigenvalue weighted by Gasteiger charge is -2.23. The molecule has 9 nitrogen and oxygen atoms in total. The molecule has 30 heavy (non-hydrogen) atoms. The van der Waals surface area contributed by atoms with Crippen LogP contribution in [0.3, 0.4) is 0 Å². The van der Waals surface area contributed by atoms with Gasteiger partial charge in [0.1, 0.15) is 23.6 Å². The molecule has 3 heterocycles. The number of nitrogen functional groups attached to an aromatic ring is 1. The standard InChI is InChI=1S/C20H20N5O4P/c1-11-5-6-16-14(7-11)12(2)27-17-8-13(10-23-19(17)22)18-15(9-21)25(3)24-20(18)29-30(4,26)28-16/h5-8,10,12H,1-4H3,(H2,22,23)/t12-,30?/m1/s1. The summed E-state index contributed by atoms with van der Waals surface area (Å²) in [5, 5.41) is 13.8. The van der Waals surface area contributed by atoms with Crippen molar-refractivity contribution in [2.45, 2.75) is 20.0 Å². The van der Waals surface area contributed by atoms with Crippen molar-refractivity contribution < 1.29 is 18.3 Å². The van der Waals surface area contributed by atoms with Gasteiger partial charge in [0.25, 0.3) is 5.88 Å². The zero-order valence-electron chi connectivity index (χ0n) is 16.9. The summed E-state index contributed by atoms with van der Waals surface area (Å²) in [7, 11) is -2.06. The van der Waals surface area contributed by atoms with Gasteiger partial charge in [0.2, 0.25) is 0 Å². The molecule has 1 aromatic carbocycles. The van der Waals surface area contributed by atoms with Gasteiger partial charge in [0.05, 0.1) is 12.2 Å². The Morgan fingerprint density at radius 3 is 2.77 bits per heavy atom. The maximum Gasteiger partial charge on any atom is 0.428 e. The average molecular weight is 425 g/mol. The highest BCUT2D eigenvalue weighted by Crippen LogP contribution is 2.50. The van der Waals surface area contributed by atoms with Crippen molar-refractivity contribution in [2.24, 2.45) is 7.05 Å². The molecule has 2 N–H and O–H groups in total. The van der Waals surface area contributed by atoms with Gasteiger partial charge in [-0.2, -0.15) is 5.26 Å². The lowest BCUT2D eigenvalue weighted by molar-refractivity contribution is 0.224. The third kappa shape index (κ3) is 3.46. The van der Waals surface area contributed by atoms with Crippen LogP contribution < -0.4 is 19.5 Å². The van der Waals surface area contributed by atoms with Gasteiger partial charge in [-0.1, -0.05) is 11.6 Å². The largest absolute Gasteiger partial charge is 0.482 e. The molecule has 10 heteroatoms. The fraction of sp³-hybridized carbons (Fsp3) is 0.250. The molecule has 1 aliphatic rings. The molecule has 0 saturated heterocycles. The third-order valence-electron chi connectivity index (χ3n) is 4.71. The molecular formula is C20H20N5O4P. The van der Waals surface area contributed by atoms with E-state index < -0.39 is 13.7 Å². The van der Waals surface area contributed by atoms with Crippen LogP contribution >= 0.6 is 7.60 Å². The lowest BCUT2D eigenvalue weighted by Crippen LogP contribution is -2.10. The summed E-state index contributed by atoms with van der Waals surface area (Å²) in [6, 6.07) is 9.20. The van der Waals surface area contributed by atoms with Crippen LogP contribution in [-0.2, 0) is 11.6 Å². The molecule has 1 unspecified atom stereocenters. The van der Waals surface area contributed by atoms with Gasteiger partial charge in [-0.05, 0) is 32.0 Å². The number of nitrogens with zero attached hydrogens (tertiary/aromatic N) is 4. The van der Waals surface area contributed by atoms with Gasteiger partial charge in [-0.15, -0.1) is 5.10 Å².